The second kappa shape index (κ2) is 6.77. The number of hydrogen-bond acceptors (Lipinski definition) is 4. The lowest BCUT2D eigenvalue weighted by Gasteiger charge is -2.30. The molecule has 120 valence electrons. The standard InChI is InChI=1S/C18H22N4O/c1-13-5-3-7-15(9-13)21-17-10-16(19-12-20-17)18(23)22-8-4-6-14(2)11-22/h3,5,7,9-10,12,14H,4,6,8,11H2,1-2H3,(H,19,20,21). The molecule has 2 aromatic rings. The first-order chi connectivity index (χ1) is 11.1. The third-order valence-corrected chi connectivity index (χ3v) is 4.12. The lowest BCUT2D eigenvalue weighted by Crippen LogP contribution is -2.39. The van der Waals surface area contributed by atoms with E-state index in [4.69, 9.17) is 0 Å². The molecule has 0 radical (unpaired) electrons. The Bertz CT molecular complexity index is 701. The minimum atomic E-state index is -0.00811. The Morgan fingerprint density at radius 1 is 1.30 bits per heavy atom. The summed E-state index contributed by atoms with van der Waals surface area (Å²) < 4.78 is 0. The van der Waals surface area contributed by atoms with Crippen LogP contribution in [-0.2, 0) is 0 Å². The van der Waals surface area contributed by atoms with Crippen LogP contribution in [0.2, 0.25) is 0 Å². The topological polar surface area (TPSA) is 58.1 Å². The number of nitrogens with one attached hydrogen (secondary N) is 1. The van der Waals surface area contributed by atoms with Crippen molar-refractivity contribution >= 4 is 17.4 Å². The van der Waals surface area contributed by atoms with Gasteiger partial charge in [0.25, 0.3) is 5.91 Å². The van der Waals surface area contributed by atoms with Gasteiger partial charge in [-0.05, 0) is 43.4 Å². The number of nitrogens with zero attached hydrogens (tertiary/aromatic N) is 3. The van der Waals surface area contributed by atoms with E-state index in [0.29, 0.717) is 17.4 Å². The number of carbonyl (C=O) groups is 1. The maximum Gasteiger partial charge on any atom is 0.272 e. The number of amides is 1. The van der Waals surface area contributed by atoms with Gasteiger partial charge in [-0.1, -0.05) is 19.1 Å². The zero-order chi connectivity index (χ0) is 16.2. The summed E-state index contributed by atoms with van der Waals surface area (Å²) in [7, 11) is 0. The monoisotopic (exact) mass is 310 g/mol. The number of piperidine rings is 1. The fourth-order valence-electron chi connectivity index (χ4n) is 2.95. The van der Waals surface area contributed by atoms with Gasteiger partial charge in [0, 0.05) is 24.8 Å². The minimum Gasteiger partial charge on any atom is -0.340 e. The van der Waals surface area contributed by atoms with Crippen molar-refractivity contribution in [2.45, 2.75) is 26.7 Å². The highest BCUT2D eigenvalue weighted by molar-refractivity contribution is 5.93. The van der Waals surface area contributed by atoms with Crippen LogP contribution in [0.15, 0.2) is 36.7 Å². The van der Waals surface area contributed by atoms with Gasteiger partial charge in [0.2, 0.25) is 0 Å². The lowest BCUT2D eigenvalue weighted by molar-refractivity contribution is 0.0677. The zero-order valence-corrected chi connectivity index (χ0v) is 13.6. The second-order valence-corrected chi connectivity index (χ2v) is 6.28. The van der Waals surface area contributed by atoms with Crippen LogP contribution in [-0.4, -0.2) is 33.9 Å². The molecule has 1 aromatic heterocycles. The molecular formula is C18H22N4O. The van der Waals surface area contributed by atoms with E-state index >= 15 is 0 Å². The number of likely N-dealkylation sites (tertiary alicyclic amines) is 1. The van der Waals surface area contributed by atoms with Gasteiger partial charge in [-0.2, -0.15) is 0 Å². The van der Waals surface area contributed by atoms with E-state index in [1.807, 2.05) is 36.1 Å². The summed E-state index contributed by atoms with van der Waals surface area (Å²) in [5.74, 6) is 1.18. The first kappa shape index (κ1) is 15.5. The summed E-state index contributed by atoms with van der Waals surface area (Å²) in [5, 5.41) is 3.23. The Labute approximate surface area is 136 Å². The molecule has 1 atom stereocenters. The highest BCUT2D eigenvalue weighted by atomic mass is 16.2. The largest absolute Gasteiger partial charge is 0.340 e. The predicted octanol–water partition coefficient (Wildman–Crippen LogP) is 3.40. The highest BCUT2D eigenvalue weighted by Gasteiger charge is 2.23. The van der Waals surface area contributed by atoms with Crippen LogP contribution in [0.1, 0.15) is 35.8 Å². The third kappa shape index (κ3) is 3.86. The number of aromatic nitrogens is 2. The van der Waals surface area contributed by atoms with Crippen LogP contribution in [0.3, 0.4) is 0 Å². The molecule has 5 nitrogen and oxygen atoms in total. The van der Waals surface area contributed by atoms with Crippen molar-refractivity contribution in [3.05, 3.63) is 47.9 Å². The number of carbonyl (C=O) groups excluding carboxylic acids is 1. The Morgan fingerprint density at radius 3 is 2.96 bits per heavy atom. The van der Waals surface area contributed by atoms with Crippen LogP contribution in [0.5, 0.6) is 0 Å². The molecule has 0 saturated carbocycles. The van der Waals surface area contributed by atoms with Gasteiger partial charge in [-0.15, -0.1) is 0 Å². The van der Waals surface area contributed by atoms with Crippen molar-refractivity contribution in [1.29, 1.82) is 0 Å². The number of rotatable bonds is 3. The molecule has 23 heavy (non-hydrogen) atoms. The van der Waals surface area contributed by atoms with Gasteiger partial charge in [0.1, 0.15) is 17.8 Å². The molecule has 1 N–H and O–H groups in total. The first-order valence-corrected chi connectivity index (χ1v) is 8.07. The van der Waals surface area contributed by atoms with Crippen LogP contribution in [0.25, 0.3) is 0 Å². The maximum absolute atomic E-state index is 12.6. The fraction of sp³-hybridized carbons (Fsp3) is 0.389. The quantitative estimate of drug-likeness (QED) is 0.944. The molecule has 1 aliphatic rings. The molecule has 0 bridgehead atoms. The van der Waals surface area contributed by atoms with E-state index in [1.54, 1.807) is 6.07 Å². The average molecular weight is 310 g/mol. The summed E-state index contributed by atoms with van der Waals surface area (Å²) >= 11 is 0. The summed E-state index contributed by atoms with van der Waals surface area (Å²) in [6, 6.07) is 9.76. The number of benzene rings is 1. The minimum absolute atomic E-state index is 0.00811. The summed E-state index contributed by atoms with van der Waals surface area (Å²) in [6.45, 7) is 5.85. The number of hydrogen-bond donors (Lipinski definition) is 1. The Kier molecular flexibility index (Phi) is 4.55. The molecule has 2 heterocycles. The third-order valence-electron chi connectivity index (χ3n) is 4.12. The lowest BCUT2D eigenvalue weighted by atomic mass is 10.00. The molecule has 0 spiro atoms. The molecule has 3 rings (SSSR count). The maximum atomic E-state index is 12.6. The van der Waals surface area contributed by atoms with Crippen molar-refractivity contribution in [2.24, 2.45) is 5.92 Å². The number of anilines is 2. The van der Waals surface area contributed by atoms with Crippen molar-refractivity contribution in [3.63, 3.8) is 0 Å². The van der Waals surface area contributed by atoms with E-state index in [9.17, 15) is 4.79 Å². The van der Waals surface area contributed by atoms with Gasteiger partial charge in [-0.25, -0.2) is 9.97 Å². The van der Waals surface area contributed by atoms with Gasteiger partial charge >= 0.3 is 0 Å². The van der Waals surface area contributed by atoms with E-state index < -0.39 is 0 Å². The van der Waals surface area contributed by atoms with Gasteiger partial charge in [-0.3, -0.25) is 4.79 Å². The summed E-state index contributed by atoms with van der Waals surface area (Å²) in [6.07, 6.45) is 3.69. The van der Waals surface area contributed by atoms with E-state index in [0.717, 1.165) is 25.2 Å². The summed E-state index contributed by atoms with van der Waals surface area (Å²) in [5.41, 5.74) is 2.57. The van der Waals surface area contributed by atoms with Gasteiger partial charge in [0.05, 0.1) is 0 Å². The van der Waals surface area contributed by atoms with Crippen molar-refractivity contribution < 1.29 is 4.79 Å². The Balaban J connectivity index is 1.75. The van der Waals surface area contributed by atoms with Crippen molar-refractivity contribution in [1.82, 2.24) is 14.9 Å². The van der Waals surface area contributed by atoms with Crippen LogP contribution >= 0.6 is 0 Å². The zero-order valence-electron chi connectivity index (χ0n) is 13.6. The van der Waals surface area contributed by atoms with Crippen LogP contribution in [0.4, 0.5) is 11.5 Å². The average Bonchev–Trinajstić information content (AvgIpc) is 2.54. The van der Waals surface area contributed by atoms with E-state index in [2.05, 4.69) is 22.2 Å². The SMILES string of the molecule is Cc1cccc(Nc2cc(C(=O)N3CCCC(C)C3)ncn2)c1. The smallest absolute Gasteiger partial charge is 0.272 e. The molecule has 1 amide bonds. The molecule has 5 heteroatoms. The first-order valence-electron chi connectivity index (χ1n) is 8.07. The molecule has 1 aromatic carbocycles. The molecule has 1 aliphatic heterocycles. The second-order valence-electron chi connectivity index (χ2n) is 6.28. The fourth-order valence-corrected chi connectivity index (χ4v) is 2.95. The van der Waals surface area contributed by atoms with Crippen molar-refractivity contribution in [2.75, 3.05) is 18.4 Å². The molecule has 1 saturated heterocycles. The van der Waals surface area contributed by atoms with E-state index in [1.165, 1.54) is 18.3 Å². The summed E-state index contributed by atoms with van der Waals surface area (Å²) in [4.78, 5) is 22.9. The number of aryl methyl sites for hydroxylation is 1. The predicted molar refractivity (Wildman–Crippen MR) is 90.8 cm³/mol. The van der Waals surface area contributed by atoms with Crippen LogP contribution in [0, 0.1) is 12.8 Å². The van der Waals surface area contributed by atoms with E-state index in [-0.39, 0.29) is 5.91 Å². The van der Waals surface area contributed by atoms with Crippen molar-refractivity contribution in [3.8, 4) is 0 Å². The van der Waals surface area contributed by atoms with Gasteiger partial charge in [0.15, 0.2) is 0 Å². The Hall–Kier alpha value is -2.43. The molecule has 1 fully saturated rings. The Morgan fingerprint density at radius 2 is 2.17 bits per heavy atom. The molecular weight excluding hydrogens is 288 g/mol. The van der Waals surface area contributed by atoms with Gasteiger partial charge < -0.3 is 10.2 Å². The van der Waals surface area contributed by atoms with Crippen LogP contribution < -0.4 is 5.32 Å². The molecule has 1 unspecified atom stereocenters. The highest BCUT2D eigenvalue weighted by Crippen LogP contribution is 2.19. The molecule has 0 aliphatic carbocycles. The normalized spacial score (nSPS) is 17.8.